The summed E-state index contributed by atoms with van der Waals surface area (Å²) in [5.74, 6) is 4.58. The maximum Gasteiger partial charge on any atom is 0.228 e. The largest absolute Gasteiger partial charge is 0.355 e. The summed E-state index contributed by atoms with van der Waals surface area (Å²) in [5.41, 5.74) is 1.83. The first-order valence-electron chi connectivity index (χ1n) is 16.2. The Morgan fingerprint density at radius 3 is 1.07 bits per heavy atom. The van der Waals surface area contributed by atoms with Crippen molar-refractivity contribution in [3.05, 3.63) is 0 Å². The van der Waals surface area contributed by atoms with Gasteiger partial charge in [0.15, 0.2) is 11.6 Å². The van der Waals surface area contributed by atoms with Gasteiger partial charge in [-0.3, -0.25) is 0 Å². The Labute approximate surface area is 244 Å². The molecule has 2 fully saturated rings. The third kappa shape index (κ3) is 6.41. The molecule has 0 saturated carbocycles. The van der Waals surface area contributed by atoms with E-state index in [-0.39, 0.29) is 12.1 Å². The quantitative estimate of drug-likeness (QED) is 0.315. The summed E-state index contributed by atoms with van der Waals surface area (Å²) < 4.78 is 0. The van der Waals surface area contributed by atoms with Crippen molar-refractivity contribution in [1.29, 1.82) is 0 Å². The third-order valence-corrected chi connectivity index (χ3v) is 9.18. The highest BCUT2D eigenvalue weighted by molar-refractivity contribution is 5.95. The minimum absolute atomic E-state index is 0.283. The molecule has 0 aliphatic carbocycles. The molecule has 40 heavy (non-hydrogen) atoms. The van der Waals surface area contributed by atoms with E-state index < -0.39 is 0 Å². The summed E-state index contributed by atoms with van der Waals surface area (Å²) in [6.07, 6.45) is 7.32. The fourth-order valence-corrected chi connectivity index (χ4v) is 6.26. The van der Waals surface area contributed by atoms with Crippen LogP contribution in [0.3, 0.4) is 0 Å². The molecule has 2 saturated heterocycles. The lowest BCUT2D eigenvalue weighted by atomic mass is 10.0. The third-order valence-electron chi connectivity index (χ3n) is 9.18. The number of aromatic nitrogens is 4. The minimum Gasteiger partial charge on any atom is -0.355 e. The molecule has 4 rings (SSSR count). The topological polar surface area (TPSA) is 64.5 Å². The summed E-state index contributed by atoms with van der Waals surface area (Å²) in [6.45, 7) is 26.8. The van der Waals surface area contributed by atoms with Gasteiger partial charge in [0.1, 0.15) is 11.0 Å². The fourth-order valence-electron chi connectivity index (χ4n) is 6.26. The fraction of sp³-hybridized carbons (Fsp3) is 0.812. The zero-order valence-corrected chi connectivity index (χ0v) is 27.1. The Balaban J connectivity index is 2.03. The molecule has 0 N–H and O–H groups in total. The lowest BCUT2D eigenvalue weighted by molar-refractivity contribution is 0.449. The maximum absolute atomic E-state index is 5.37. The monoisotopic (exact) mass is 552 g/mol. The summed E-state index contributed by atoms with van der Waals surface area (Å²) in [7, 11) is 0. The smallest absolute Gasteiger partial charge is 0.228 e. The van der Waals surface area contributed by atoms with Crippen LogP contribution in [0.2, 0.25) is 0 Å². The molecule has 2 unspecified atom stereocenters. The highest BCUT2D eigenvalue weighted by Crippen LogP contribution is 2.36. The zero-order chi connectivity index (χ0) is 29.1. The molecular formula is C32H56N8. The molecule has 8 heteroatoms. The van der Waals surface area contributed by atoms with Crippen LogP contribution in [0.5, 0.6) is 0 Å². The molecule has 0 aromatic carbocycles. The molecule has 0 radical (unpaired) electrons. The van der Waals surface area contributed by atoms with Crippen LogP contribution in [0.1, 0.15) is 108 Å². The Morgan fingerprint density at radius 2 is 0.800 bits per heavy atom. The van der Waals surface area contributed by atoms with Gasteiger partial charge in [0.05, 0.1) is 0 Å². The van der Waals surface area contributed by atoms with Crippen LogP contribution >= 0.6 is 0 Å². The van der Waals surface area contributed by atoms with Crippen molar-refractivity contribution in [3.8, 4) is 0 Å². The van der Waals surface area contributed by atoms with Gasteiger partial charge in [0, 0.05) is 50.3 Å². The average molecular weight is 553 g/mol. The molecule has 4 heterocycles. The number of hydrogen-bond donors (Lipinski definition) is 0. The van der Waals surface area contributed by atoms with Crippen LogP contribution in [-0.4, -0.2) is 70.3 Å². The Kier molecular flexibility index (Phi) is 9.99. The van der Waals surface area contributed by atoms with Crippen LogP contribution in [0.4, 0.5) is 23.5 Å². The molecule has 0 spiro atoms. The highest BCUT2D eigenvalue weighted by Gasteiger charge is 2.31. The van der Waals surface area contributed by atoms with Crippen LogP contribution in [-0.2, 0) is 0 Å². The standard InChI is InChI=1S/C32H56N8/c1-21(2)25(9)39(23(5)6)31-33-27-28(29(35-31)37-17-13-11-14-18-37)34-32(40(24(7)8)26(10)22(3)4)36-30(27)38-19-15-12-16-20-38/h21-26H,11-20H2,1-10H3. The SMILES string of the molecule is CC(C)C(C)N(c1nc(N2CCCCC2)c2nc(N(C(C)C)C(C)C(C)C)nc(N3CCCCC3)c2n1)C(C)C. The number of fused-ring (bicyclic) bond motifs is 1. The molecule has 0 amide bonds. The number of piperidine rings is 2. The Hall–Kier alpha value is -2.38. The predicted octanol–water partition coefficient (Wildman–Crippen LogP) is 6.92. The van der Waals surface area contributed by atoms with E-state index in [1.807, 2.05) is 0 Å². The van der Waals surface area contributed by atoms with Gasteiger partial charge in [-0.15, -0.1) is 0 Å². The second-order valence-electron chi connectivity index (χ2n) is 13.5. The summed E-state index contributed by atoms with van der Waals surface area (Å²) in [4.78, 5) is 31.2. The molecule has 2 aliphatic rings. The number of nitrogens with zero attached hydrogens (tertiary/aromatic N) is 8. The van der Waals surface area contributed by atoms with E-state index >= 15 is 0 Å². The molecular weight excluding hydrogens is 496 g/mol. The second kappa shape index (κ2) is 13.1. The predicted molar refractivity (Wildman–Crippen MR) is 171 cm³/mol. The minimum atomic E-state index is 0.283. The molecule has 2 aromatic heterocycles. The van der Waals surface area contributed by atoms with Crippen molar-refractivity contribution in [2.45, 2.75) is 132 Å². The normalized spacial score (nSPS) is 18.4. The van der Waals surface area contributed by atoms with Crippen LogP contribution in [0, 0.1) is 11.8 Å². The van der Waals surface area contributed by atoms with E-state index in [0.29, 0.717) is 23.9 Å². The molecule has 2 aliphatic heterocycles. The molecule has 2 atom stereocenters. The first-order chi connectivity index (χ1) is 19.0. The van der Waals surface area contributed by atoms with Gasteiger partial charge in [-0.2, -0.15) is 9.97 Å². The van der Waals surface area contributed by atoms with E-state index in [1.165, 1.54) is 38.5 Å². The lowest BCUT2D eigenvalue weighted by Gasteiger charge is -2.38. The number of rotatable bonds is 10. The summed E-state index contributed by atoms with van der Waals surface area (Å²) in [6, 6.07) is 1.19. The van der Waals surface area contributed by atoms with Gasteiger partial charge in [-0.05, 0) is 91.9 Å². The van der Waals surface area contributed by atoms with Gasteiger partial charge in [-0.1, -0.05) is 27.7 Å². The highest BCUT2D eigenvalue weighted by atomic mass is 15.4. The van der Waals surface area contributed by atoms with Crippen molar-refractivity contribution >= 4 is 34.6 Å². The number of anilines is 4. The van der Waals surface area contributed by atoms with E-state index in [4.69, 9.17) is 19.9 Å². The molecule has 0 bridgehead atoms. The molecule has 224 valence electrons. The Morgan fingerprint density at radius 1 is 0.475 bits per heavy atom. The lowest BCUT2D eigenvalue weighted by Crippen LogP contribution is -2.44. The van der Waals surface area contributed by atoms with Crippen molar-refractivity contribution in [2.75, 3.05) is 45.8 Å². The van der Waals surface area contributed by atoms with Gasteiger partial charge in [-0.25, -0.2) is 9.97 Å². The second-order valence-corrected chi connectivity index (χ2v) is 13.5. The van der Waals surface area contributed by atoms with Gasteiger partial charge >= 0.3 is 0 Å². The van der Waals surface area contributed by atoms with Crippen LogP contribution < -0.4 is 19.6 Å². The van der Waals surface area contributed by atoms with Crippen LogP contribution in [0.15, 0.2) is 0 Å². The van der Waals surface area contributed by atoms with Crippen molar-refractivity contribution in [1.82, 2.24) is 19.9 Å². The van der Waals surface area contributed by atoms with E-state index in [2.05, 4.69) is 88.8 Å². The van der Waals surface area contributed by atoms with Gasteiger partial charge in [0.2, 0.25) is 11.9 Å². The molecule has 2 aromatic rings. The Bertz CT molecular complexity index is 1010. The van der Waals surface area contributed by atoms with Crippen molar-refractivity contribution in [3.63, 3.8) is 0 Å². The van der Waals surface area contributed by atoms with Gasteiger partial charge < -0.3 is 19.6 Å². The maximum atomic E-state index is 5.37. The summed E-state index contributed by atoms with van der Waals surface area (Å²) in [5, 5.41) is 0. The van der Waals surface area contributed by atoms with Crippen LogP contribution in [0.25, 0.3) is 11.0 Å². The average Bonchev–Trinajstić information content (AvgIpc) is 2.93. The first kappa shape index (κ1) is 30.6. The summed E-state index contributed by atoms with van der Waals surface area (Å²) >= 11 is 0. The number of hydrogen-bond acceptors (Lipinski definition) is 8. The van der Waals surface area contributed by atoms with Crippen molar-refractivity contribution in [2.24, 2.45) is 11.8 Å². The van der Waals surface area contributed by atoms with E-state index in [0.717, 1.165) is 60.7 Å². The van der Waals surface area contributed by atoms with E-state index in [9.17, 15) is 0 Å². The molecule has 8 nitrogen and oxygen atoms in total. The van der Waals surface area contributed by atoms with E-state index in [1.54, 1.807) is 0 Å². The van der Waals surface area contributed by atoms with Crippen molar-refractivity contribution < 1.29 is 0 Å². The van der Waals surface area contributed by atoms with Gasteiger partial charge in [0.25, 0.3) is 0 Å². The zero-order valence-electron chi connectivity index (χ0n) is 27.1. The first-order valence-corrected chi connectivity index (χ1v) is 16.2.